The third-order valence-corrected chi connectivity index (χ3v) is 2.60. The van der Waals surface area contributed by atoms with E-state index in [0.717, 1.165) is 11.1 Å². The van der Waals surface area contributed by atoms with E-state index in [2.05, 4.69) is 0 Å². The Bertz CT molecular complexity index is 453. The summed E-state index contributed by atoms with van der Waals surface area (Å²) < 4.78 is 37.7. The minimum absolute atomic E-state index is 0.151. The zero-order valence-corrected chi connectivity index (χ0v) is 7.21. The molecular weight excluding hydrogens is 160 g/mol. The lowest BCUT2D eigenvalue weighted by molar-refractivity contribution is -0.115. The lowest BCUT2D eigenvalue weighted by atomic mass is 9.84. The number of aldehydes is 1. The molecule has 0 saturated carbocycles. The first-order valence-electron chi connectivity index (χ1n) is 6.77. The molecule has 1 aliphatic carbocycles. The summed E-state index contributed by atoms with van der Waals surface area (Å²) in [4.78, 5) is 11.4. The van der Waals surface area contributed by atoms with Crippen LogP contribution in [0.1, 0.15) is 31.2 Å². The van der Waals surface area contributed by atoms with Crippen LogP contribution in [-0.2, 0) is 17.6 Å². The topological polar surface area (TPSA) is 17.1 Å². The van der Waals surface area contributed by atoms with Crippen molar-refractivity contribution in [2.75, 3.05) is 0 Å². The van der Waals surface area contributed by atoms with Crippen LogP contribution in [0.4, 0.5) is 0 Å². The van der Waals surface area contributed by atoms with Gasteiger partial charge in [0.2, 0.25) is 0 Å². The van der Waals surface area contributed by atoms with Crippen molar-refractivity contribution < 1.29 is 11.6 Å². The molecule has 2 rings (SSSR count). The lowest BCUT2D eigenvalue weighted by Gasteiger charge is -2.18. The van der Waals surface area contributed by atoms with Gasteiger partial charge in [-0.1, -0.05) is 31.1 Å². The average Bonchev–Trinajstić information content (AvgIpc) is 2.67. The smallest absolute Gasteiger partial charge is 0.126 e. The van der Waals surface area contributed by atoms with Gasteiger partial charge in [-0.2, -0.15) is 0 Å². The molecule has 0 N–H and O–H groups in total. The minimum Gasteiger partial charge on any atom is -0.303 e. The number of carbonyl (C=O) groups is 1. The zero-order chi connectivity index (χ0) is 13.6. The molecule has 68 valence electrons. The molecule has 0 unspecified atom stereocenters. The van der Waals surface area contributed by atoms with Gasteiger partial charge in [-0.15, -0.1) is 0 Å². The SMILES string of the molecule is [2H]C([2H])([2H])C([2H])([2H])C1(C=O)Cc2ccccc2C1. The molecule has 0 spiro atoms. The number of benzene rings is 1. The van der Waals surface area contributed by atoms with Crippen LogP contribution < -0.4 is 0 Å². The Morgan fingerprint density at radius 2 is 2.15 bits per heavy atom. The Labute approximate surface area is 85.8 Å². The normalized spacial score (nSPS) is 26.0. The molecule has 0 aromatic heterocycles. The van der Waals surface area contributed by atoms with E-state index in [-0.39, 0.29) is 12.8 Å². The van der Waals surface area contributed by atoms with E-state index in [1.54, 1.807) is 0 Å². The van der Waals surface area contributed by atoms with Gasteiger partial charge in [-0.3, -0.25) is 0 Å². The maximum absolute atomic E-state index is 11.4. The van der Waals surface area contributed by atoms with Crippen molar-refractivity contribution in [3.8, 4) is 0 Å². The van der Waals surface area contributed by atoms with E-state index < -0.39 is 18.6 Å². The van der Waals surface area contributed by atoms with Gasteiger partial charge in [-0.25, -0.2) is 0 Å². The quantitative estimate of drug-likeness (QED) is 0.637. The summed E-state index contributed by atoms with van der Waals surface area (Å²) in [6.07, 6.45) is -1.74. The third kappa shape index (κ3) is 1.28. The Hall–Kier alpha value is -1.11. The Kier molecular flexibility index (Phi) is 1.01. The monoisotopic (exact) mass is 179 g/mol. The number of rotatable bonds is 2. The van der Waals surface area contributed by atoms with E-state index in [1.807, 2.05) is 24.3 Å². The highest BCUT2D eigenvalue weighted by Crippen LogP contribution is 2.37. The van der Waals surface area contributed by atoms with Crippen LogP contribution in [0.25, 0.3) is 0 Å². The molecule has 0 saturated heterocycles. The molecule has 0 amide bonds. The Morgan fingerprint density at radius 1 is 1.54 bits per heavy atom. The molecule has 0 atom stereocenters. The van der Waals surface area contributed by atoms with E-state index in [9.17, 15) is 4.79 Å². The second-order valence-electron chi connectivity index (χ2n) is 3.52. The molecular formula is C12H14O. The van der Waals surface area contributed by atoms with Crippen LogP contribution in [0, 0.1) is 5.41 Å². The van der Waals surface area contributed by atoms with Gasteiger partial charge in [0.25, 0.3) is 0 Å². The van der Waals surface area contributed by atoms with Gasteiger partial charge in [0, 0.05) is 12.3 Å². The second kappa shape index (κ2) is 2.99. The number of carbonyl (C=O) groups excluding carboxylic acids is 1. The average molecular weight is 179 g/mol. The van der Waals surface area contributed by atoms with Crippen molar-refractivity contribution in [3.63, 3.8) is 0 Å². The fourth-order valence-corrected chi connectivity index (χ4v) is 1.85. The largest absolute Gasteiger partial charge is 0.303 e. The van der Waals surface area contributed by atoms with Gasteiger partial charge in [0.05, 0.1) is 0 Å². The first-order chi connectivity index (χ1) is 8.23. The molecule has 1 aliphatic rings. The summed E-state index contributed by atoms with van der Waals surface area (Å²) in [6.45, 7) is -2.81. The standard InChI is InChI=1S/C12H14O/c1-2-12(9-13)7-10-5-3-4-6-11(10)8-12/h3-6,9H,2,7-8H2,1H3/i1D3,2D2. The third-order valence-electron chi connectivity index (χ3n) is 2.60. The molecule has 1 heteroatoms. The zero-order valence-electron chi connectivity index (χ0n) is 12.2. The van der Waals surface area contributed by atoms with E-state index in [1.165, 1.54) is 0 Å². The van der Waals surface area contributed by atoms with Crippen molar-refractivity contribution in [1.82, 2.24) is 0 Å². The van der Waals surface area contributed by atoms with Crippen molar-refractivity contribution in [3.05, 3.63) is 35.4 Å². The van der Waals surface area contributed by atoms with Crippen LogP contribution >= 0.6 is 0 Å². The Balaban J connectivity index is 2.46. The fourth-order valence-electron chi connectivity index (χ4n) is 1.85. The van der Waals surface area contributed by atoms with Crippen LogP contribution in [0.15, 0.2) is 24.3 Å². The number of fused-ring (bicyclic) bond motifs is 1. The van der Waals surface area contributed by atoms with Crippen molar-refractivity contribution in [2.45, 2.75) is 26.1 Å². The van der Waals surface area contributed by atoms with Crippen LogP contribution in [-0.4, -0.2) is 6.29 Å². The van der Waals surface area contributed by atoms with Crippen molar-refractivity contribution in [2.24, 2.45) is 5.41 Å². The van der Waals surface area contributed by atoms with E-state index in [0.29, 0.717) is 6.29 Å². The summed E-state index contributed by atoms with van der Waals surface area (Å²) >= 11 is 0. The van der Waals surface area contributed by atoms with E-state index >= 15 is 0 Å². The molecule has 0 radical (unpaired) electrons. The number of hydrogen-bond acceptors (Lipinski definition) is 1. The molecule has 13 heavy (non-hydrogen) atoms. The second-order valence-corrected chi connectivity index (χ2v) is 3.52. The molecule has 1 aromatic carbocycles. The highest BCUT2D eigenvalue weighted by molar-refractivity contribution is 5.63. The van der Waals surface area contributed by atoms with Gasteiger partial charge < -0.3 is 4.79 Å². The summed E-state index contributed by atoms with van der Waals surface area (Å²) in [5, 5.41) is 0. The highest BCUT2D eigenvalue weighted by atomic mass is 16.1. The summed E-state index contributed by atoms with van der Waals surface area (Å²) in [5.74, 6) is 0. The van der Waals surface area contributed by atoms with Crippen LogP contribution in [0.3, 0.4) is 0 Å². The lowest BCUT2D eigenvalue weighted by Crippen LogP contribution is -2.21. The summed E-state index contributed by atoms with van der Waals surface area (Å²) in [7, 11) is 0. The van der Waals surface area contributed by atoms with Crippen LogP contribution in [0.2, 0.25) is 0 Å². The molecule has 1 aromatic rings. The maximum atomic E-state index is 11.4. The highest BCUT2D eigenvalue weighted by Gasteiger charge is 2.34. The first kappa shape index (κ1) is 4.41. The van der Waals surface area contributed by atoms with Gasteiger partial charge in [0.15, 0.2) is 0 Å². The van der Waals surface area contributed by atoms with Gasteiger partial charge in [0.1, 0.15) is 6.29 Å². The summed E-state index contributed by atoms with van der Waals surface area (Å²) in [6, 6.07) is 7.25. The Morgan fingerprint density at radius 3 is 2.62 bits per heavy atom. The maximum Gasteiger partial charge on any atom is 0.126 e. The van der Waals surface area contributed by atoms with E-state index in [4.69, 9.17) is 6.85 Å². The van der Waals surface area contributed by atoms with Crippen molar-refractivity contribution in [1.29, 1.82) is 0 Å². The predicted molar refractivity (Wildman–Crippen MR) is 52.6 cm³/mol. The molecule has 1 nitrogen and oxygen atoms in total. The molecule has 0 bridgehead atoms. The van der Waals surface area contributed by atoms with Gasteiger partial charge >= 0.3 is 0 Å². The predicted octanol–water partition coefficient (Wildman–Crippen LogP) is 2.38. The molecule has 0 heterocycles. The summed E-state index contributed by atoms with van der Waals surface area (Å²) in [5.41, 5.74) is 0.234. The minimum atomic E-state index is -2.81. The van der Waals surface area contributed by atoms with Crippen LogP contribution in [0.5, 0.6) is 0 Å². The molecule has 0 fully saturated rings. The van der Waals surface area contributed by atoms with Crippen molar-refractivity contribution >= 4 is 6.29 Å². The molecule has 0 aliphatic heterocycles. The first-order valence-corrected chi connectivity index (χ1v) is 4.27. The fraction of sp³-hybridized carbons (Fsp3) is 0.417. The number of hydrogen-bond donors (Lipinski definition) is 0. The van der Waals surface area contributed by atoms with Gasteiger partial charge in [-0.05, 0) is 30.3 Å².